The maximum Gasteiger partial charge on any atom is 0.319 e. The second kappa shape index (κ2) is 18.0. The smallest absolute Gasteiger partial charge is 0.319 e. The van der Waals surface area contributed by atoms with E-state index in [2.05, 4.69) is 63.0 Å². The molecule has 3 aliphatic heterocycles. The fourth-order valence-electron chi connectivity index (χ4n) is 11.9. The summed E-state index contributed by atoms with van der Waals surface area (Å²) in [5, 5.41) is 0.461. The van der Waals surface area contributed by atoms with Gasteiger partial charge in [0, 0.05) is 53.7 Å². The first-order valence-corrected chi connectivity index (χ1v) is 26.2. The molecule has 0 bridgehead atoms. The number of alkyl halides is 2. The van der Waals surface area contributed by atoms with Gasteiger partial charge in [0.2, 0.25) is 0 Å². The van der Waals surface area contributed by atoms with Crippen LogP contribution in [0.3, 0.4) is 0 Å². The van der Waals surface area contributed by atoms with E-state index in [9.17, 15) is 2.74 Å². The summed E-state index contributed by atoms with van der Waals surface area (Å²) in [5.41, 5.74) is 4.39. The van der Waals surface area contributed by atoms with Crippen molar-refractivity contribution >= 4 is 47.0 Å². The number of ether oxygens (including phenoxy) is 1. The molecule has 4 aliphatic rings. The van der Waals surface area contributed by atoms with Gasteiger partial charge in [-0.2, -0.15) is 9.97 Å². The Morgan fingerprint density at radius 2 is 1.59 bits per heavy atom. The van der Waals surface area contributed by atoms with Gasteiger partial charge >= 0.3 is 6.01 Å². The minimum absolute atomic E-state index is 0.0623. The van der Waals surface area contributed by atoms with Crippen molar-refractivity contribution in [1.29, 1.82) is 0 Å². The maximum atomic E-state index is 18.2. The second-order valence-corrected chi connectivity index (χ2v) is 25.6. The lowest BCUT2D eigenvalue weighted by Crippen LogP contribution is -2.43. The number of fused-ring (bicyclic) bond motifs is 4. The van der Waals surface area contributed by atoms with Crippen molar-refractivity contribution in [3.05, 3.63) is 119 Å². The molecular formula is C55H57F5N6OSi. The van der Waals surface area contributed by atoms with Crippen LogP contribution in [0.1, 0.15) is 93.1 Å². The average Bonchev–Trinajstić information content (AvgIpc) is 3.61. The van der Waals surface area contributed by atoms with E-state index in [1.165, 1.54) is 6.20 Å². The quantitative estimate of drug-likeness (QED) is 0.0558. The Morgan fingerprint density at radius 1 is 0.897 bits per heavy atom. The minimum Gasteiger partial charge on any atom is -0.461 e. The van der Waals surface area contributed by atoms with Gasteiger partial charge in [0.25, 0.3) is 0 Å². The predicted molar refractivity (Wildman–Crippen MR) is 264 cm³/mol. The van der Waals surface area contributed by atoms with Crippen LogP contribution in [-0.2, 0) is 0 Å². The Bertz CT molecular complexity index is 3030. The summed E-state index contributed by atoms with van der Waals surface area (Å²) in [7, 11) is -2.55. The summed E-state index contributed by atoms with van der Waals surface area (Å²) < 4.78 is 106. The van der Waals surface area contributed by atoms with E-state index < -0.39 is 62.0 Å². The Labute approximate surface area is 399 Å². The summed E-state index contributed by atoms with van der Waals surface area (Å²) in [6, 6.07) is 22.3. The second-order valence-electron chi connectivity index (χ2n) is 20.0. The van der Waals surface area contributed by atoms with Crippen LogP contribution in [-0.4, -0.2) is 83.8 Å². The molecule has 352 valence electrons. The lowest BCUT2D eigenvalue weighted by molar-refractivity contribution is 0.107. The summed E-state index contributed by atoms with van der Waals surface area (Å²) in [6.07, 6.45) is 1.18. The van der Waals surface area contributed by atoms with Crippen LogP contribution in [0.15, 0.2) is 90.1 Å². The molecule has 4 aromatic carbocycles. The van der Waals surface area contributed by atoms with E-state index in [1.807, 2.05) is 60.7 Å². The monoisotopic (exact) mass is 942 g/mol. The normalized spacial score (nSPS) is 23.1. The largest absolute Gasteiger partial charge is 0.461 e. The fourth-order valence-corrected chi connectivity index (χ4v) is 17.1. The number of hydrogen-bond acceptors (Lipinski definition) is 7. The van der Waals surface area contributed by atoms with Crippen molar-refractivity contribution in [2.24, 2.45) is 10.9 Å². The van der Waals surface area contributed by atoms with Crippen LogP contribution >= 0.6 is 0 Å². The van der Waals surface area contributed by atoms with Crippen molar-refractivity contribution in [3.63, 3.8) is 0 Å². The number of hydrogen-bond donors (Lipinski definition) is 0. The molecule has 0 spiro atoms. The molecule has 0 amide bonds. The van der Waals surface area contributed by atoms with Crippen molar-refractivity contribution < 1.29 is 29.4 Å². The molecule has 5 heterocycles. The molecule has 0 radical (unpaired) electrons. The predicted octanol–water partition coefficient (Wildman–Crippen LogP) is 12.9. The van der Waals surface area contributed by atoms with E-state index >= 15 is 22.0 Å². The molecule has 6 aromatic rings. The maximum absolute atomic E-state index is 18.2. The molecule has 68 heavy (non-hydrogen) atoms. The summed E-state index contributed by atoms with van der Waals surface area (Å²) in [6.45, 7) is 11.2. The van der Waals surface area contributed by atoms with Crippen LogP contribution < -0.4 is 9.64 Å². The molecule has 0 unspecified atom stereocenters. The number of anilines is 1. The number of piperidine rings is 1. The number of halogens is 5. The first kappa shape index (κ1) is 43.6. The standard InChI is InChI=1S/C55H57F5N6OSi/c1-32(2)68(33(3)4,34(5)6)24-20-40-45-37(26-44(57)46(40)58)25-39(62-49(35-15-9-7-10-16-35)36-17-11-8-12-18-36)27-42(45)50-48(60)51-43(29-61-50)53(66-23-13-19-41-47(59)52(41)66)64-54(63-51)67-31-55-21-14-22-65(55)30-38(56)28-55/h7-12,15-18,25-27,29,32-34,38,41,47,52H,13-14,19,21-23,28,30-31H2,1-6H3/t38-,41-,47-,52-,55+/m1/s1/i31D2. The summed E-state index contributed by atoms with van der Waals surface area (Å²) in [5.74, 6) is -0.244. The molecule has 4 fully saturated rings. The number of aromatic nitrogens is 3. The van der Waals surface area contributed by atoms with Gasteiger partial charge < -0.3 is 9.64 Å². The molecule has 13 heteroatoms. The first-order chi connectivity index (χ1) is 33.5. The number of pyridine rings is 1. The number of benzene rings is 4. The summed E-state index contributed by atoms with van der Waals surface area (Å²) in [4.78, 5) is 22.7. The summed E-state index contributed by atoms with van der Waals surface area (Å²) >= 11 is 0. The molecule has 10 rings (SSSR count). The van der Waals surface area contributed by atoms with Gasteiger partial charge in [-0.05, 0) is 72.4 Å². The fraction of sp³-hybridized carbons (Fsp3) is 0.418. The number of rotatable bonds is 11. The molecule has 1 aliphatic carbocycles. The molecule has 1 saturated carbocycles. The average molecular weight is 943 g/mol. The number of aliphatic imine (C=N–C) groups is 1. The molecule has 7 nitrogen and oxygen atoms in total. The van der Waals surface area contributed by atoms with Crippen LogP contribution in [0.4, 0.5) is 33.5 Å². The Kier molecular flexibility index (Phi) is 11.5. The van der Waals surface area contributed by atoms with Crippen molar-refractivity contribution in [1.82, 2.24) is 19.9 Å². The lowest BCUT2D eigenvalue weighted by Gasteiger charge is -2.38. The van der Waals surface area contributed by atoms with E-state index in [0.29, 0.717) is 44.5 Å². The van der Waals surface area contributed by atoms with E-state index in [0.717, 1.165) is 17.2 Å². The highest BCUT2D eigenvalue weighted by atomic mass is 28.3. The Morgan fingerprint density at radius 3 is 2.26 bits per heavy atom. The first-order valence-electron chi connectivity index (χ1n) is 25.0. The topological polar surface area (TPSA) is 66.7 Å². The Balaban J connectivity index is 1.24. The van der Waals surface area contributed by atoms with Crippen LogP contribution in [0, 0.1) is 34.8 Å². The van der Waals surface area contributed by atoms with Gasteiger partial charge in [0.05, 0.1) is 36.7 Å². The van der Waals surface area contributed by atoms with E-state index in [4.69, 9.17) is 14.7 Å². The third-order valence-electron chi connectivity index (χ3n) is 15.2. The van der Waals surface area contributed by atoms with Gasteiger partial charge in [0.15, 0.2) is 17.5 Å². The van der Waals surface area contributed by atoms with Crippen molar-refractivity contribution in [3.8, 4) is 28.7 Å². The highest BCUT2D eigenvalue weighted by Crippen LogP contribution is 2.49. The van der Waals surface area contributed by atoms with E-state index in [-0.39, 0.29) is 85.5 Å². The van der Waals surface area contributed by atoms with Crippen molar-refractivity contribution in [2.45, 2.75) is 114 Å². The minimum atomic E-state index is -2.55. The molecule has 5 atom stereocenters. The van der Waals surface area contributed by atoms with Gasteiger partial charge in [-0.25, -0.2) is 26.9 Å². The zero-order chi connectivity index (χ0) is 49.4. The third-order valence-corrected chi connectivity index (χ3v) is 21.4. The molecular weight excluding hydrogens is 884 g/mol. The lowest BCUT2D eigenvalue weighted by atomic mass is 9.94. The molecule has 2 aromatic heterocycles. The highest BCUT2D eigenvalue weighted by Gasteiger charge is 2.57. The zero-order valence-electron chi connectivity index (χ0n) is 41.3. The van der Waals surface area contributed by atoms with Gasteiger partial charge in [-0.1, -0.05) is 108 Å². The Hall–Kier alpha value is -5.71. The van der Waals surface area contributed by atoms with Gasteiger partial charge in [-0.3, -0.25) is 9.88 Å². The van der Waals surface area contributed by atoms with Crippen LogP contribution in [0.2, 0.25) is 16.6 Å². The van der Waals surface area contributed by atoms with Crippen LogP contribution in [0.5, 0.6) is 6.01 Å². The zero-order valence-corrected chi connectivity index (χ0v) is 40.3. The van der Waals surface area contributed by atoms with Gasteiger partial charge in [0.1, 0.15) is 44.0 Å². The van der Waals surface area contributed by atoms with E-state index in [1.54, 1.807) is 21.9 Å². The molecule has 0 N–H and O–H groups in total. The SMILES string of the molecule is [2H]C([2H])(Oc1nc(N2CCC[C@@H]3[C@@H](F)[C@@H]32)c2cnc(-c3cc(N=C(c4ccccc4)c4ccccc4)cc4cc(F)c(F)c(C#C[Si](C(C)C)(C(C)C)C(C)C)c34)c(F)c2n1)[C@@]12CCCN1C[C@H](F)C2. The highest BCUT2D eigenvalue weighted by molar-refractivity contribution is 6.90. The van der Waals surface area contributed by atoms with Gasteiger partial charge in [-0.15, -0.1) is 5.54 Å². The third kappa shape index (κ3) is 7.95. The van der Waals surface area contributed by atoms with Crippen LogP contribution in [0.25, 0.3) is 32.9 Å². The molecule has 3 saturated heterocycles. The van der Waals surface area contributed by atoms with Crippen molar-refractivity contribution in [2.75, 3.05) is 31.1 Å². The number of nitrogens with zero attached hydrogens (tertiary/aromatic N) is 6.